The van der Waals surface area contributed by atoms with Gasteiger partial charge in [0.1, 0.15) is 0 Å². The van der Waals surface area contributed by atoms with Crippen LogP contribution in [0, 0.1) is 13.8 Å². The molecule has 0 aliphatic rings. The third kappa shape index (κ3) is 1.75. The van der Waals surface area contributed by atoms with Crippen LogP contribution in [0.5, 0.6) is 0 Å². The lowest BCUT2D eigenvalue weighted by atomic mass is 10.0. The quantitative estimate of drug-likeness (QED) is 0.750. The van der Waals surface area contributed by atoms with Gasteiger partial charge >= 0.3 is 0 Å². The SMILES string of the molecule is CCc1c(C)nn(C)c1-c1ccc(C)cc1. The zero-order chi connectivity index (χ0) is 11.7. The van der Waals surface area contributed by atoms with Gasteiger partial charge < -0.3 is 0 Å². The molecule has 0 N–H and O–H groups in total. The molecule has 0 bridgehead atoms. The molecular formula is C14H18N2. The average Bonchev–Trinajstić information content (AvgIpc) is 2.54. The van der Waals surface area contributed by atoms with Crippen LogP contribution in [0.3, 0.4) is 0 Å². The Balaban J connectivity index is 2.59. The summed E-state index contributed by atoms with van der Waals surface area (Å²) in [6.07, 6.45) is 1.03. The lowest BCUT2D eigenvalue weighted by Gasteiger charge is -2.05. The highest BCUT2D eigenvalue weighted by molar-refractivity contribution is 5.64. The largest absolute Gasteiger partial charge is 0.267 e. The van der Waals surface area contributed by atoms with Crippen LogP contribution in [0.2, 0.25) is 0 Å². The van der Waals surface area contributed by atoms with Crippen molar-refractivity contribution in [1.29, 1.82) is 0 Å². The normalized spacial score (nSPS) is 10.8. The van der Waals surface area contributed by atoms with Crippen molar-refractivity contribution < 1.29 is 0 Å². The molecule has 0 unspecified atom stereocenters. The van der Waals surface area contributed by atoms with Crippen molar-refractivity contribution in [3.63, 3.8) is 0 Å². The van der Waals surface area contributed by atoms with Gasteiger partial charge in [0.05, 0.1) is 11.4 Å². The van der Waals surface area contributed by atoms with Gasteiger partial charge in [0.2, 0.25) is 0 Å². The van der Waals surface area contributed by atoms with E-state index in [0.29, 0.717) is 0 Å². The van der Waals surface area contributed by atoms with Crippen molar-refractivity contribution in [2.45, 2.75) is 27.2 Å². The van der Waals surface area contributed by atoms with Gasteiger partial charge in [0, 0.05) is 18.2 Å². The predicted molar refractivity (Wildman–Crippen MR) is 67.5 cm³/mol. The summed E-state index contributed by atoms with van der Waals surface area (Å²) in [5.74, 6) is 0. The molecule has 0 aliphatic carbocycles. The Bertz CT molecular complexity index is 492. The summed E-state index contributed by atoms with van der Waals surface area (Å²) in [5, 5.41) is 4.50. The fraction of sp³-hybridized carbons (Fsp3) is 0.357. The van der Waals surface area contributed by atoms with Gasteiger partial charge in [-0.15, -0.1) is 0 Å². The molecule has 0 spiro atoms. The summed E-state index contributed by atoms with van der Waals surface area (Å²) in [6, 6.07) is 8.64. The van der Waals surface area contributed by atoms with Crippen molar-refractivity contribution in [3.8, 4) is 11.3 Å². The Morgan fingerprint density at radius 2 is 1.75 bits per heavy atom. The van der Waals surface area contributed by atoms with E-state index in [4.69, 9.17) is 0 Å². The number of benzene rings is 1. The lowest BCUT2D eigenvalue weighted by Crippen LogP contribution is -1.95. The third-order valence-electron chi connectivity index (χ3n) is 3.02. The number of hydrogen-bond donors (Lipinski definition) is 0. The maximum Gasteiger partial charge on any atom is 0.0713 e. The number of rotatable bonds is 2. The first-order valence-electron chi connectivity index (χ1n) is 5.73. The lowest BCUT2D eigenvalue weighted by molar-refractivity contribution is 0.764. The maximum atomic E-state index is 4.50. The molecule has 16 heavy (non-hydrogen) atoms. The molecule has 2 heteroatoms. The van der Waals surface area contributed by atoms with Gasteiger partial charge in [0.25, 0.3) is 0 Å². The minimum atomic E-state index is 1.03. The van der Waals surface area contributed by atoms with E-state index in [-0.39, 0.29) is 0 Å². The fourth-order valence-electron chi connectivity index (χ4n) is 2.20. The van der Waals surface area contributed by atoms with E-state index in [1.165, 1.54) is 22.4 Å². The Hall–Kier alpha value is -1.57. The molecule has 0 saturated heterocycles. The molecule has 0 fully saturated rings. The van der Waals surface area contributed by atoms with Gasteiger partial charge in [-0.25, -0.2) is 0 Å². The molecule has 1 aromatic carbocycles. The summed E-state index contributed by atoms with van der Waals surface area (Å²) in [5.41, 5.74) is 6.29. The Labute approximate surface area is 96.9 Å². The van der Waals surface area contributed by atoms with Gasteiger partial charge in [-0.3, -0.25) is 4.68 Å². The first-order valence-corrected chi connectivity index (χ1v) is 5.73. The molecule has 0 amide bonds. The summed E-state index contributed by atoms with van der Waals surface area (Å²) in [6.45, 7) is 6.37. The summed E-state index contributed by atoms with van der Waals surface area (Å²) >= 11 is 0. The smallest absolute Gasteiger partial charge is 0.0713 e. The molecule has 0 radical (unpaired) electrons. The van der Waals surface area contributed by atoms with Crippen molar-refractivity contribution in [3.05, 3.63) is 41.1 Å². The average molecular weight is 214 g/mol. The predicted octanol–water partition coefficient (Wildman–Crippen LogP) is 3.27. The van der Waals surface area contributed by atoms with Crippen LogP contribution in [-0.4, -0.2) is 9.78 Å². The molecule has 84 valence electrons. The molecule has 1 heterocycles. The summed E-state index contributed by atoms with van der Waals surface area (Å²) in [7, 11) is 2.02. The molecular weight excluding hydrogens is 196 g/mol. The van der Waals surface area contributed by atoms with Crippen LogP contribution < -0.4 is 0 Å². The second kappa shape index (κ2) is 4.12. The zero-order valence-electron chi connectivity index (χ0n) is 10.4. The highest BCUT2D eigenvalue weighted by Gasteiger charge is 2.12. The van der Waals surface area contributed by atoms with Gasteiger partial charge in [-0.1, -0.05) is 36.8 Å². The molecule has 0 aliphatic heterocycles. The van der Waals surface area contributed by atoms with Crippen molar-refractivity contribution in [2.75, 3.05) is 0 Å². The van der Waals surface area contributed by atoms with E-state index < -0.39 is 0 Å². The van der Waals surface area contributed by atoms with Gasteiger partial charge in [-0.05, 0) is 20.3 Å². The molecule has 2 aromatic rings. The van der Waals surface area contributed by atoms with Crippen molar-refractivity contribution in [2.24, 2.45) is 7.05 Å². The third-order valence-corrected chi connectivity index (χ3v) is 3.02. The topological polar surface area (TPSA) is 17.8 Å². The van der Waals surface area contributed by atoms with Crippen LogP contribution in [-0.2, 0) is 13.5 Å². The maximum absolute atomic E-state index is 4.50. The Morgan fingerprint density at radius 3 is 2.31 bits per heavy atom. The number of hydrogen-bond acceptors (Lipinski definition) is 1. The van der Waals surface area contributed by atoms with Gasteiger partial charge in [-0.2, -0.15) is 5.10 Å². The number of aryl methyl sites for hydroxylation is 3. The number of nitrogens with zero attached hydrogens (tertiary/aromatic N) is 2. The van der Waals surface area contributed by atoms with E-state index in [1.54, 1.807) is 0 Å². The van der Waals surface area contributed by atoms with Crippen LogP contribution >= 0.6 is 0 Å². The van der Waals surface area contributed by atoms with E-state index in [1.807, 2.05) is 11.7 Å². The van der Waals surface area contributed by atoms with Gasteiger partial charge in [0.15, 0.2) is 0 Å². The fourth-order valence-corrected chi connectivity index (χ4v) is 2.20. The van der Waals surface area contributed by atoms with Crippen LogP contribution in [0.4, 0.5) is 0 Å². The second-order valence-corrected chi connectivity index (χ2v) is 4.26. The zero-order valence-corrected chi connectivity index (χ0v) is 10.4. The summed E-state index contributed by atoms with van der Waals surface area (Å²) in [4.78, 5) is 0. The van der Waals surface area contributed by atoms with Crippen LogP contribution in [0.1, 0.15) is 23.7 Å². The monoisotopic (exact) mass is 214 g/mol. The van der Waals surface area contributed by atoms with Crippen molar-refractivity contribution in [1.82, 2.24) is 9.78 Å². The van der Waals surface area contributed by atoms with Crippen LogP contribution in [0.25, 0.3) is 11.3 Å². The first kappa shape index (κ1) is 10.9. The number of aromatic nitrogens is 2. The van der Waals surface area contributed by atoms with E-state index in [2.05, 4.69) is 50.1 Å². The molecule has 1 aromatic heterocycles. The standard InChI is InChI=1S/C14H18N2/c1-5-13-11(3)15-16(4)14(13)12-8-6-10(2)7-9-12/h6-9H,5H2,1-4H3. The minimum Gasteiger partial charge on any atom is -0.267 e. The molecule has 0 atom stereocenters. The molecule has 2 rings (SSSR count). The molecule has 2 nitrogen and oxygen atoms in total. The minimum absolute atomic E-state index is 1.03. The summed E-state index contributed by atoms with van der Waals surface area (Å²) < 4.78 is 1.98. The van der Waals surface area contributed by atoms with E-state index >= 15 is 0 Å². The first-order chi connectivity index (χ1) is 7.63. The van der Waals surface area contributed by atoms with E-state index in [9.17, 15) is 0 Å². The van der Waals surface area contributed by atoms with Crippen LogP contribution in [0.15, 0.2) is 24.3 Å². The molecule has 0 saturated carbocycles. The Kier molecular flexibility index (Phi) is 2.82. The highest BCUT2D eigenvalue weighted by atomic mass is 15.3. The highest BCUT2D eigenvalue weighted by Crippen LogP contribution is 2.26. The van der Waals surface area contributed by atoms with Crippen molar-refractivity contribution >= 4 is 0 Å². The van der Waals surface area contributed by atoms with E-state index in [0.717, 1.165) is 12.1 Å². The Morgan fingerprint density at radius 1 is 1.12 bits per heavy atom. The second-order valence-electron chi connectivity index (χ2n) is 4.26.